The SMILES string of the molecule is O=C(CCCCCNc1ncccn1)Nc1ccccn1. The van der Waals surface area contributed by atoms with Crippen molar-refractivity contribution in [1.82, 2.24) is 15.0 Å². The van der Waals surface area contributed by atoms with Gasteiger partial charge in [-0.05, 0) is 31.0 Å². The van der Waals surface area contributed by atoms with Crippen LogP contribution in [0.3, 0.4) is 0 Å². The lowest BCUT2D eigenvalue weighted by Gasteiger charge is -2.05. The third-order valence-electron chi connectivity index (χ3n) is 2.86. The molecule has 0 aliphatic carbocycles. The zero-order valence-electron chi connectivity index (χ0n) is 11.8. The lowest BCUT2D eigenvalue weighted by Crippen LogP contribution is -2.12. The molecule has 1 amide bonds. The van der Waals surface area contributed by atoms with Gasteiger partial charge >= 0.3 is 0 Å². The molecule has 0 aromatic carbocycles. The van der Waals surface area contributed by atoms with Crippen molar-refractivity contribution in [2.45, 2.75) is 25.7 Å². The highest BCUT2D eigenvalue weighted by atomic mass is 16.1. The van der Waals surface area contributed by atoms with E-state index < -0.39 is 0 Å². The maximum atomic E-state index is 11.7. The highest BCUT2D eigenvalue weighted by Crippen LogP contribution is 2.05. The summed E-state index contributed by atoms with van der Waals surface area (Å²) in [6, 6.07) is 7.23. The van der Waals surface area contributed by atoms with Crippen LogP contribution in [0.25, 0.3) is 0 Å². The molecule has 0 fully saturated rings. The monoisotopic (exact) mass is 285 g/mol. The number of pyridine rings is 1. The number of nitrogens with zero attached hydrogens (tertiary/aromatic N) is 3. The molecule has 21 heavy (non-hydrogen) atoms. The molecule has 0 aliphatic heterocycles. The predicted octanol–water partition coefficient (Wildman–Crippen LogP) is 2.48. The molecular formula is C15H19N5O. The number of hydrogen-bond acceptors (Lipinski definition) is 5. The van der Waals surface area contributed by atoms with Gasteiger partial charge < -0.3 is 10.6 Å². The Hall–Kier alpha value is -2.50. The van der Waals surface area contributed by atoms with Crippen LogP contribution >= 0.6 is 0 Å². The summed E-state index contributed by atoms with van der Waals surface area (Å²) in [5.41, 5.74) is 0. The second-order valence-electron chi connectivity index (χ2n) is 4.57. The van der Waals surface area contributed by atoms with Crippen LogP contribution in [0, 0.1) is 0 Å². The van der Waals surface area contributed by atoms with Crippen molar-refractivity contribution in [3.63, 3.8) is 0 Å². The Morgan fingerprint density at radius 2 is 1.76 bits per heavy atom. The first kappa shape index (κ1) is 14.9. The second-order valence-corrected chi connectivity index (χ2v) is 4.57. The Labute approximate surface area is 124 Å². The molecule has 0 radical (unpaired) electrons. The number of unbranched alkanes of at least 4 members (excludes halogenated alkanes) is 2. The van der Waals surface area contributed by atoms with Crippen LogP contribution in [0.15, 0.2) is 42.9 Å². The fraction of sp³-hybridized carbons (Fsp3) is 0.333. The summed E-state index contributed by atoms with van der Waals surface area (Å²) in [4.78, 5) is 23.9. The first-order chi connectivity index (χ1) is 10.3. The van der Waals surface area contributed by atoms with Gasteiger partial charge in [-0.3, -0.25) is 4.79 Å². The van der Waals surface area contributed by atoms with Crippen LogP contribution in [0.1, 0.15) is 25.7 Å². The van der Waals surface area contributed by atoms with Crippen LogP contribution in [0.5, 0.6) is 0 Å². The van der Waals surface area contributed by atoms with Gasteiger partial charge in [0.2, 0.25) is 11.9 Å². The zero-order valence-corrected chi connectivity index (χ0v) is 11.8. The van der Waals surface area contributed by atoms with E-state index in [4.69, 9.17) is 0 Å². The first-order valence-corrected chi connectivity index (χ1v) is 7.06. The van der Waals surface area contributed by atoms with Crippen molar-refractivity contribution >= 4 is 17.7 Å². The van der Waals surface area contributed by atoms with Gasteiger partial charge in [0.25, 0.3) is 0 Å². The minimum absolute atomic E-state index is 0.00746. The van der Waals surface area contributed by atoms with E-state index in [9.17, 15) is 4.79 Å². The molecule has 0 saturated carbocycles. The number of carbonyl (C=O) groups excluding carboxylic acids is 1. The molecule has 0 unspecified atom stereocenters. The highest BCUT2D eigenvalue weighted by Gasteiger charge is 2.02. The summed E-state index contributed by atoms with van der Waals surface area (Å²) < 4.78 is 0. The van der Waals surface area contributed by atoms with Crippen molar-refractivity contribution in [2.24, 2.45) is 0 Å². The number of hydrogen-bond donors (Lipinski definition) is 2. The molecule has 6 heteroatoms. The van der Waals surface area contributed by atoms with Crippen LogP contribution in [-0.2, 0) is 4.79 Å². The molecule has 0 spiro atoms. The average Bonchev–Trinajstić information content (AvgIpc) is 2.53. The Kier molecular flexibility index (Phi) is 6.12. The van der Waals surface area contributed by atoms with E-state index in [0.29, 0.717) is 18.2 Å². The van der Waals surface area contributed by atoms with Gasteiger partial charge in [-0.1, -0.05) is 12.5 Å². The quantitative estimate of drug-likeness (QED) is 0.728. The molecular weight excluding hydrogens is 266 g/mol. The van der Waals surface area contributed by atoms with E-state index in [-0.39, 0.29) is 5.91 Å². The van der Waals surface area contributed by atoms with Crippen LogP contribution in [0.2, 0.25) is 0 Å². The largest absolute Gasteiger partial charge is 0.354 e. The third kappa shape index (κ3) is 5.99. The highest BCUT2D eigenvalue weighted by molar-refractivity contribution is 5.89. The Morgan fingerprint density at radius 1 is 0.952 bits per heavy atom. The summed E-state index contributed by atoms with van der Waals surface area (Å²) in [6.45, 7) is 0.811. The number of rotatable bonds is 8. The maximum Gasteiger partial charge on any atom is 0.225 e. The van der Waals surface area contributed by atoms with E-state index in [1.165, 1.54) is 0 Å². The van der Waals surface area contributed by atoms with E-state index >= 15 is 0 Å². The predicted molar refractivity (Wildman–Crippen MR) is 81.9 cm³/mol. The minimum Gasteiger partial charge on any atom is -0.354 e. The molecule has 0 bridgehead atoms. The lowest BCUT2D eigenvalue weighted by molar-refractivity contribution is -0.116. The molecule has 0 aliphatic rings. The molecule has 6 nitrogen and oxygen atoms in total. The Bertz CT molecular complexity index is 532. The summed E-state index contributed by atoms with van der Waals surface area (Å²) in [7, 11) is 0. The average molecular weight is 285 g/mol. The number of aromatic nitrogens is 3. The van der Waals surface area contributed by atoms with Gasteiger partial charge in [-0.2, -0.15) is 0 Å². The maximum absolute atomic E-state index is 11.7. The van der Waals surface area contributed by atoms with Gasteiger partial charge in [0.15, 0.2) is 0 Å². The summed E-state index contributed by atoms with van der Waals surface area (Å²) >= 11 is 0. The van der Waals surface area contributed by atoms with Crippen LogP contribution < -0.4 is 10.6 Å². The number of nitrogens with one attached hydrogen (secondary N) is 2. The topological polar surface area (TPSA) is 79.8 Å². The molecule has 110 valence electrons. The molecule has 2 aromatic rings. The Morgan fingerprint density at radius 3 is 2.52 bits per heavy atom. The van der Waals surface area contributed by atoms with Crippen LogP contribution in [-0.4, -0.2) is 27.4 Å². The third-order valence-corrected chi connectivity index (χ3v) is 2.86. The zero-order chi connectivity index (χ0) is 14.8. The van der Waals surface area contributed by atoms with Crippen molar-refractivity contribution < 1.29 is 4.79 Å². The summed E-state index contributed by atoms with van der Waals surface area (Å²) in [5.74, 6) is 1.25. The number of anilines is 2. The standard InChI is InChI=1S/C15H19N5O/c21-14(20-13-7-3-5-9-16-13)8-2-1-4-10-17-15-18-11-6-12-19-15/h3,5-7,9,11-12H,1-2,4,8,10H2,(H,16,20,21)(H,17,18,19). The first-order valence-electron chi connectivity index (χ1n) is 7.06. The fourth-order valence-corrected chi connectivity index (χ4v) is 1.82. The second kappa shape index (κ2) is 8.63. The molecule has 2 N–H and O–H groups in total. The molecule has 0 saturated heterocycles. The van der Waals surface area contributed by atoms with Gasteiger partial charge in [-0.25, -0.2) is 15.0 Å². The van der Waals surface area contributed by atoms with Crippen LogP contribution in [0.4, 0.5) is 11.8 Å². The van der Waals surface area contributed by atoms with Gasteiger partial charge in [0, 0.05) is 31.6 Å². The van der Waals surface area contributed by atoms with Gasteiger partial charge in [-0.15, -0.1) is 0 Å². The number of carbonyl (C=O) groups is 1. The van der Waals surface area contributed by atoms with E-state index in [1.54, 1.807) is 30.7 Å². The smallest absolute Gasteiger partial charge is 0.225 e. The minimum atomic E-state index is 0.00746. The number of amides is 1. The van der Waals surface area contributed by atoms with E-state index in [2.05, 4.69) is 25.6 Å². The van der Waals surface area contributed by atoms with Crippen molar-refractivity contribution in [3.05, 3.63) is 42.9 Å². The molecule has 2 rings (SSSR count). The summed E-state index contributed by atoms with van der Waals surface area (Å²) in [6.07, 6.45) is 8.40. The summed E-state index contributed by atoms with van der Waals surface area (Å²) in [5, 5.41) is 5.91. The van der Waals surface area contributed by atoms with Gasteiger partial charge in [0.05, 0.1) is 0 Å². The van der Waals surface area contributed by atoms with Crippen molar-refractivity contribution in [3.8, 4) is 0 Å². The van der Waals surface area contributed by atoms with Crippen molar-refractivity contribution in [2.75, 3.05) is 17.2 Å². The van der Waals surface area contributed by atoms with Crippen molar-refractivity contribution in [1.29, 1.82) is 0 Å². The fourth-order valence-electron chi connectivity index (χ4n) is 1.82. The molecule has 2 heterocycles. The Balaban J connectivity index is 1.52. The normalized spacial score (nSPS) is 10.1. The van der Waals surface area contributed by atoms with E-state index in [1.807, 2.05) is 12.1 Å². The van der Waals surface area contributed by atoms with Gasteiger partial charge in [0.1, 0.15) is 5.82 Å². The molecule has 2 aromatic heterocycles. The lowest BCUT2D eigenvalue weighted by atomic mass is 10.2. The molecule has 0 atom stereocenters. The van der Waals surface area contributed by atoms with E-state index in [0.717, 1.165) is 25.8 Å².